The topological polar surface area (TPSA) is 60.1 Å². The van der Waals surface area contributed by atoms with Crippen LogP contribution in [0, 0.1) is 0 Å². The molecule has 0 saturated carbocycles. The Morgan fingerprint density at radius 2 is 2.32 bits per heavy atom. The fourth-order valence-electron chi connectivity index (χ4n) is 2.05. The number of hydrogen-bond acceptors (Lipinski definition) is 4. The number of rotatable bonds is 5. The van der Waals surface area contributed by atoms with E-state index in [1.165, 1.54) is 11.3 Å². The van der Waals surface area contributed by atoms with Gasteiger partial charge in [0.05, 0.1) is 23.3 Å². The summed E-state index contributed by atoms with van der Waals surface area (Å²) in [5.74, 6) is 0.758. The minimum absolute atomic E-state index is 0.118. The van der Waals surface area contributed by atoms with Gasteiger partial charge >= 0.3 is 0 Å². The molecule has 0 fully saturated rings. The van der Waals surface area contributed by atoms with Crippen LogP contribution in [0.1, 0.15) is 34.2 Å². The van der Waals surface area contributed by atoms with E-state index < -0.39 is 0 Å². The minimum Gasteiger partial charge on any atom is -0.454 e. The van der Waals surface area contributed by atoms with E-state index in [1.807, 2.05) is 29.8 Å². The number of carbonyl (C=O) groups is 1. The zero-order valence-electron chi connectivity index (χ0n) is 11.8. The first-order valence-electron chi connectivity index (χ1n) is 6.72. The third-order valence-electron chi connectivity index (χ3n) is 3.15. The molecular weight excluding hydrogens is 322 g/mol. The lowest BCUT2D eigenvalue weighted by molar-refractivity contribution is 0.0910. The number of aromatic nitrogens is 2. The van der Waals surface area contributed by atoms with Gasteiger partial charge in [-0.1, -0.05) is 11.6 Å². The Kier molecular flexibility index (Phi) is 4.31. The Balaban J connectivity index is 1.64. The number of halogens is 1. The van der Waals surface area contributed by atoms with Gasteiger partial charge in [-0.25, -0.2) is 4.98 Å². The summed E-state index contributed by atoms with van der Waals surface area (Å²) in [6.45, 7) is 2.46. The third-order valence-corrected chi connectivity index (χ3v) is 4.57. The van der Waals surface area contributed by atoms with Crippen LogP contribution >= 0.6 is 22.9 Å². The van der Waals surface area contributed by atoms with Crippen LogP contribution in [-0.2, 0) is 6.54 Å². The molecule has 0 spiro atoms. The number of nitrogens with one attached hydrogen (secondary N) is 1. The summed E-state index contributed by atoms with van der Waals surface area (Å²) in [5, 5.41) is 2.90. The first-order valence-corrected chi connectivity index (χ1v) is 7.92. The zero-order valence-corrected chi connectivity index (χ0v) is 13.4. The second kappa shape index (κ2) is 6.37. The molecule has 5 nitrogen and oxygen atoms in total. The number of furan rings is 1. The molecule has 0 aromatic carbocycles. The quantitative estimate of drug-likeness (QED) is 0.772. The summed E-state index contributed by atoms with van der Waals surface area (Å²) in [6, 6.07) is 7.08. The fraction of sp³-hybridized carbons (Fsp3) is 0.200. The van der Waals surface area contributed by atoms with Gasteiger partial charge in [-0.15, -0.1) is 11.3 Å². The number of carbonyl (C=O) groups excluding carboxylic acids is 1. The Hall–Kier alpha value is -2.05. The number of thiophene rings is 1. The maximum Gasteiger partial charge on any atom is 0.287 e. The lowest BCUT2D eigenvalue weighted by atomic mass is 10.2. The second-order valence-corrected chi connectivity index (χ2v) is 6.58. The number of nitrogens with zero attached hydrogens (tertiary/aromatic N) is 2. The molecule has 22 heavy (non-hydrogen) atoms. The summed E-state index contributed by atoms with van der Waals surface area (Å²) < 4.78 is 8.15. The van der Waals surface area contributed by atoms with E-state index >= 15 is 0 Å². The van der Waals surface area contributed by atoms with Crippen LogP contribution in [0.4, 0.5) is 0 Å². The molecule has 114 valence electrons. The average Bonchev–Trinajstić information content (AvgIpc) is 3.20. The van der Waals surface area contributed by atoms with Crippen molar-refractivity contribution in [1.29, 1.82) is 0 Å². The molecule has 1 N–H and O–H groups in total. The van der Waals surface area contributed by atoms with Crippen molar-refractivity contribution in [2.75, 3.05) is 0 Å². The van der Waals surface area contributed by atoms with Gasteiger partial charge < -0.3 is 14.3 Å². The summed E-state index contributed by atoms with van der Waals surface area (Å²) in [5.41, 5.74) is 0. The van der Waals surface area contributed by atoms with Crippen LogP contribution in [0.2, 0.25) is 4.34 Å². The predicted octanol–water partition coefficient (Wildman–Crippen LogP) is 3.73. The molecule has 0 aliphatic heterocycles. The van der Waals surface area contributed by atoms with E-state index in [0.717, 1.165) is 4.88 Å². The molecule has 3 aromatic heterocycles. The molecule has 0 saturated heterocycles. The van der Waals surface area contributed by atoms with Crippen LogP contribution in [0.5, 0.6) is 0 Å². The summed E-state index contributed by atoms with van der Waals surface area (Å²) in [4.78, 5) is 17.2. The van der Waals surface area contributed by atoms with Gasteiger partial charge in [-0.2, -0.15) is 0 Å². The van der Waals surface area contributed by atoms with Crippen LogP contribution in [0.3, 0.4) is 0 Å². The van der Waals surface area contributed by atoms with E-state index in [1.54, 1.807) is 24.7 Å². The highest BCUT2D eigenvalue weighted by atomic mass is 35.5. The first kappa shape index (κ1) is 14.9. The molecule has 3 rings (SSSR count). The van der Waals surface area contributed by atoms with Gasteiger partial charge in [0, 0.05) is 17.3 Å². The first-order chi connectivity index (χ1) is 10.6. The molecule has 0 aliphatic rings. The van der Waals surface area contributed by atoms with E-state index in [4.69, 9.17) is 16.0 Å². The minimum atomic E-state index is -0.242. The SMILES string of the molecule is C[C@@H](NC(=O)c1ccc(Cn2ccnc2)o1)c1ccc(Cl)s1. The fourth-order valence-corrected chi connectivity index (χ4v) is 3.11. The Bertz CT molecular complexity index is 763. The van der Waals surface area contributed by atoms with Crippen molar-refractivity contribution < 1.29 is 9.21 Å². The molecule has 7 heteroatoms. The van der Waals surface area contributed by atoms with Gasteiger partial charge in [0.25, 0.3) is 5.91 Å². The Morgan fingerprint density at radius 3 is 3.00 bits per heavy atom. The van der Waals surface area contributed by atoms with Gasteiger partial charge in [-0.05, 0) is 31.2 Å². The van der Waals surface area contributed by atoms with Crippen LogP contribution in [0.15, 0.2) is 47.4 Å². The lowest BCUT2D eigenvalue weighted by Crippen LogP contribution is -2.25. The molecule has 0 radical (unpaired) electrons. The van der Waals surface area contributed by atoms with Crippen molar-refractivity contribution in [1.82, 2.24) is 14.9 Å². The third kappa shape index (κ3) is 3.40. The number of hydrogen-bond donors (Lipinski definition) is 1. The molecule has 0 unspecified atom stereocenters. The normalized spacial score (nSPS) is 12.3. The maximum absolute atomic E-state index is 12.2. The maximum atomic E-state index is 12.2. The van der Waals surface area contributed by atoms with Crippen LogP contribution < -0.4 is 5.32 Å². The van der Waals surface area contributed by atoms with E-state index in [0.29, 0.717) is 22.4 Å². The average molecular weight is 336 g/mol. The van der Waals surface area contributed by atoms with E-state index in [9.17, 15) is 4.79 Å². The molecule has 0 aliphatic carbocycles. The van der Waals surface area contributed by atoms with Gasteiger partial charge in [-0.3, -0.25) is 4.79 Å². The molecule has 3 aromatic rings. The van der Waals surface area contributed by atoms with Gasteiger partial charge in [0.2, 0.25) is 0 Å². The molecule has 3 heterocycles. The highest BCUT2D eigenvalue weighted by molar-refractivity contribution is 7.16. The van der Waals surface area contributed by atoms with Crippen molar-refractivity contribution >= 4 is 28.8 Å². The van der Waals surface area contributed by atoms with E-state index in [2.05, 4.69) is 10.3 Å². The zero-order chi connectivity index (χ0) is 15.5. The number of amides is 1. The molecule has 1 amide bonds. The second-order valence-electron chi connectivity index (χ2n) is 4.84. The molecule has 1 atom stereocenters. The van der Waals surface area contributed by atoms with Crippen molar-refractivity contribution in [3.8, 4) is 0 Å². The highest BCUT2D eigenvalue weighted by Gasteiger charge is 2.16. The van der Waals surface area contributed by atoms with Gasteiger partial charge in [0.15, 0.2) is 5.76 Å². The highest BCUT2D eigenvalue weighted by Crippen LogP contribution is 2.26. The van der Waals surface area contributed by atoms with E-state index in [-0.39, 0.29) is 11.9 Å². The summed E-state index contributed by atoms with van der Waals surface area (Å²) >= 11 is 7.36. The Labute approximate surface area is 136 Å². The van der Waals surface area contributed by atoms with Crippen molar-refractivity contribution in [2.45, 2.75) is 19.5 Å². The van der Waals surface area contributed by atoms with Gasteiger partial charge in [0.1, 0.15) is 5.76 Å². The van der Waals surface area contributed by atoms with Crippen molar-refractivity contribution in [3.05, 3.63) is 63.7 Å². The van der Waals surface area contributed by atoms with Crippen molar-refractivity contribution in [2.24, 2.45) is 0 Å². The monoisotopic (exact) mass is 335 g/mol. The smallest absolute Gasteiger partial charge is 0.287 e. The van der Waals surface area contributed by atoms with Crippen LogP contribution in [-0.4, -0.2) is 15.5 Å². The molecule has 0 bridgehead atoms. The summed E-state index contributed by atoms with van der Waals surface area (Å²) in [6.07, 6.45) is 5.24. The standard InChI is InChI=1S/C15H14ClN3O2S/c1-10(13-4-5-14(16)22-13)18-15(20)12-3-2-11(21-12)8-19-7-6-17-9-19/h2-7,9-10H,8H2,1H3,(H,18,20)/t10-/m1/s1. The largest absolute Gasteiger partial charge is 0.454 e. The molecular formula is C15H14ClN3O2S. The van der Waals surface area contributed by atoms with Crippen LogP contribution in [0.25, 0.3) is 0 Å². The lowest BCUT2D eigenvalue weighted by Gasteiger charge is -2.10. The number of imidazole rings is 1. The van der Waals surface area contributed by atoms with Crippen molar-refractivity contribution in [3.63, 3.8) is 0 Å². The predicted molar refractivity (Wildman–Crippen MR) is 85.2 cm³/mol. The Morgan fingerprint density at radius 1 is 1.45 bits per heavy atom. The summed E-state index contributed by atoms with van der Waals surface area (Å²) in [7, 11) is 0.